The SMILES string of the molecule is CC(C)N1CCC(NC(=O)C(=O)Nc2cc3c(cc2Cl)OCCCO3)C1. The lowest BCUT2D eigenvalue weighted by Crippen LogP contribution is -2.43. The molecule has 0 radical (unpaired) electrons. The summed E-state index contributed by atoms with van der Waals surface area (Å²) in [6.45, 7) is 6.97. The molecule has 0 aromatic heterocycles. The van der Waals surface area contributed by atoms with Crippen LogP contribution in [0, 0.1) is 0 Å². The lowest BCUT2D eigenvalue weighted by atomic mass is 10.2. The number of hydrogen-bond donors (Lipinski definition) is 2. The fourth-order valence-corrected chi connectivity index (χ4v) is 3.28. The first kappa shape index (κ1) is 18.8. The Balaban J connectivity index is 1.61. The molecule has 1 fully saturated rings. The van der Waals surface area contributed by atoms with E-state index in [4.69, 9.17) is 21.1 Å². The number of rotatable bonds is 3. The van der Waals surface area contributed by atoms with Crippen molar-refractivity contribution in [3.8, 4) is 11.5 Å². The maximum atomic E-state index is 12.2. The highest BCUT2D eigenvalue weighted by atomic mass is 35.5. The molecule has 3 rings (SSSR count). The third kappa shape index (κ3) is 4.40. The number of nitrogens with zero attached hydrogens (tertiary/aromatic N) is 1. The fraction of sp³-hybridized carbons (Fsp3) is 0.556. The normalized spacial score (nSPS) is 19.9. The highest BCUT2D eigenvalue weighted by Gasteiger charge is 2.27. The summed E-state index contributed by atoms with van der Waals surface area (Å²) < 4.78 is 11.1. The highest BCUT2D eigenvalue weighted by molar-refractivity contribution is 6.41. The van der Waals surface area contributed by atoms with Crippen molar-refractivity contribution in [2.75, 3.05) is 31.6 Å². The van der Waals surface area contributed by atoms with Crippen LogP contribution in [0.15, 0.2) is 12.1 Å². The van der Waals surface area contributed by atoms with Gasteiger partial charge in [-0.3, -0.25) is 14.5 Å². The number of benzene rings is 1. The van der Waals surface area contributed by atoms with Gasteiger partial charge in [0.05, 0.1) is 23.9 Å². The van der Waals surface area contributed by atoms with Crippen molar-refractivity contribution in [1.29, 1.82) is 0 Å². The van der Waals surface area contributed by atoms with E-state index in [0.717, 1.165) is 25.9 Å². The van der Waals surface area contributed by atoms with Gasteiger partial charge in [0.15, 0.2) is 11.5 Å². The number of hydrogen-bond acceptors (Lipinski definition) is 5. The Kier molecular flexibility index (Phi) is 5.88. The minimum absolute atomic E-state index is 0.0186. The Morgan fingerprint density at radius 3 is 2.54 bits per heavy atom. The van der Waals surface area contributed by atoms with Crippen LogP contribution in [0.4, 0.5) is 5.69 Å². The molecule has 1 saturated heterocycles. The molecule has 0 bridgehead atoms. The predicted octanol–water partition coefficient (Wildman–Crippen LogP) is 2.04. The van der Waals surface area contributed by atoms with Crippen molar-refractivity contribution in [2.24, 2.45) is 0 Å². The number of carbonyl (C=O) groups is 2. The van der Waals surface area contributed by atoms with Crippen LogP contribution in [0.1, 0.15) is 26.7 Å². The van der Waals surface area contributed by atoms with Crippen LogP contribution in [-0.2, 0) is 9.59 Å². The second-order valence-electron chi connectivity index (χ2n) is 6.83. The molecule has 1 atom stereocenters. The Labute approximate surface area is 158 Å². The van der Waals surface area contributed by atoms with E-state index in [1.165, 1.54) is 0 Å². The van der Waals surface area contributed by atoms with Gasteiger partial charge in [-0.2, -0.15) is 0 Å². The van der Waals surface area contributed by atoms with Gasteiger partial charge in [-0.1, -0.05) is 11.6 Å². The molecule has 26 heavy (non-hydrogen) atoms. The number of halogens is 1. The molecule has 1 aromatic carbocycles. The third-order valence-electron chi connectivity index (χ3n) is 4.58. The molecule has 1 unspecified atom stereocenters. The first-order valence-electron chi connectivity index (χ1n) is 8.89. The minimum atomic E-state index is -0.746. The van der Waals surface area contributed by atoms with Crippen molar-refractivity contribution >= 4 is 29.1 Å². The molecule has 0 saturated carbocycles. The predicted molar refractivity (Wildman–Crippen MR) is 98.9 cm³/mol. The maximum Gasteiger partial charge on any atom is 0.313 e. The van der Waals surface area contributed by atoms with E-state index < -0.39 is 11.8 Å². The summed E-state index contributed by atoms with van der Waals surface area (Å²) in [4.78, 5) is 26.7. The molecule has 2 amide bonds. The van der Waals surface area contributed by atoms with Gasteiger partial charge in [0.1, 0.15) is 0 Å². The average Bonchev–Trinajstić information content (AvgIpc) is 2.95. The van der Waals surface area contributed by atoms with E-state index in [0.29, 0.717) is 41.5 Å². The van der Waals surface area contributed by atoms with Crippen molar-refractivity contribution in [1.82, 2.24) is 10.2 Å². The number of nitrogens with one attached hydrogen (secondary N) is 2. The summed E-state index contributed by atoms with van der Waals surface area (Å²) in [5.41, 5.74) is 0.325. The molecule has 2 heterocycles. The smallest absolute Gasteiger partial charge is 0.313 e. The molecule has 0 aliphatic carbocycles. The Morgan fingerprint density at radius 2 is 1.88 bits per heavy atom. The first-order valence-corrected chi connectivity index (χ1v) is 9.27. The van der Waals surface area contributed by atoms with Crippen molar-refractivity contribution < 1.29 is 19.1 Å². The highest BCUT2D eigenvalue weighted by Crippen LogP contribution is 2.37. The van der Waals surface area contributed by atoms with Gasteiger partial charge in [-0.25, -0.2) is 0 Å². The quantitative estimate of drug-likeness (QED) is 0.783. The zero-order valence-corrected chi connectivity index (χ0v) is 15.8. The molecule has 1 aromatic rings. The van der Waals surface area contributed by atoms with Crippen LogP contribution in [0.3, 0.4) is 0 Å². The van der Waals surface area contributed by atoms with E-state index in [2.05, 4.69) is 29.4 Å². The summed E-state index contributed by atoms with van der Waals surface area (Å²) in [5, 5.41) is 5.63. The molecule has 7 nitrogen and oxygen atoms in total. The summed E-state index contributed by atoms with van der Waals surface area (Å²) in [6.07, 6.45) is 1.60. The number of amides is 2. The monoisotopic (exact) mass is 381 g/mol. The van der Waals surface area contributed by atoms with Crippen LogP contribution < -0.4 is 20.1 Å². The van der Waals surface area contributed by atoms with Gasteiger partial charge in [-0.15, -0.1) is 0 Å². The third-order valence-corrected chi connectivity index (χ3v) is 4.89. The van der Waals surface area contributed by atoms with E-state index in [1.807, 2.05) is 0 Å². The molecule has 2 aliphatic rings. The number of fused-ring (bicyclic) bond motifs is 1. The van der Waals surface area contributed by atoms with Crippen LogP contribution in [0.2, 0.25) is 5.02 Å². The van der Waals surface area contributed by atoms with Crippen molar-refractivity contribution in [3.63, 3.8) is 0 Å². The van der Waals surface area contributed by atoms with E-state index in [9.17, 15) is 9.59 Å². The molecule has 2 aliphatic heterocycles. The Hall–Kier alpha value is -1.99. The number of anilines is 1. The summed E-state index contributed by atoms with van der Waals surface area (Å²) in [5.74, 6) is -0.367. The van der Waals surface area contributed by atoms with Gasteiger partial charge < -0.3 is 20.1 Å². The van der Waals surface area contributed by atoms with Gasteiger partial charge in [0, 0.05) is 43.7 Å². The van der Waals surface area contributed by atoms with Crippen LogP contribution in [-0.4, -0.2) is 55.1 Å². The molecular formula is C18H24ClN3O4. The zero-order chi connectivity index (χ0) is 18.7. The topological polar surface area (TPSA) is 79.9 Å². The molecule has 0 spiro atoms. The number of likely N-dealkylation sites (tertiary alicyclic amines) is 1. The van der Waals surface area contributed by atoms with E-state index in [-0.39, 0.29) is 6.04 Å². The second-order valence-corrected chi connectivity index (χ2v) is 7.24. The van der Waals surface area contributed by atoms with Gasteiger partial charge in [0.2, 0.25) is 0 Å². The summed E-state index contributed by atoms with van der Waals surface area (Å²) >= 11 is 6.20. The lowest BCUT2D eigenvalue weighted by molar-refractivity contribution is -0.136. The number of ether oxygens (including phenoxy) is 2. The molecule has 142 valence electrons. The van der Waals surface area contributed by atoms with Crippen LogP contribution in [0.25, 0.3) is 0 Å². The summed E-state index contributed by atoms with van der Waals surface area (Å²) in [7, 11) is 0. The van der Waals surface area contributed by atoms with Gasteiger partial charge in [0.25, 0.3) is 0 Å². The lowest BCUT2D eigenvalue weighted by Gasteiger charge is -2.20. The number of carbonyl (C=O) groups excluding carboxylic acids is 2. The summed E-state index contributed by atoms with van der Waals surface area (Å²) in [6, 6.07) is 3.58. The maximum absolute atomic E-state index is 12.2. The first-order chi connectivity index (χ1) is 12.4. The minimum Gasteiger partial charge on any atom is -0.490 e. The molecular weight excluding hydrogens is 358 g/mol. The molecule has 2 N–H and O–H groups in total. The average molecular weight is 382 g/mol. The van der Waals surface area contributed by atoms with Crippen LogP contribution >= 0.6 is 11.6 Å². The van der Waals surface area contributed by atoms with E-state index in [1.54, 1.807) is 12.1 Å². The van der Waals surface area contributed by atoms with Gasteiger partial charge in [-0.05, 0) is 20.3 Å². The zero-order valence-electron chi connectivity index (χ0n) is 15.0. The van der Waals surface area contributed by atoms with Gasteiger partial charge >= 0.3 is 11.8 Å². The Bertz CT molecular complexity index is 695. The standard InChI is InChI=1S/C18H24ClN3O4/c1-11(2)22-5-4-12(10-22)20-17(23)18(24)21-14-9-16-15(8-13(14)19)25-6-3-7-26-16/h8-9,11-12H,3-7,10H2,1-2H3,(H,20,23)(H,21,24). The Morgan fingerprint density at radius 1 is 1.19 bits per heavy atom. The van der Waals surface area contributed by atoms with Crippen LogP contribution in [0.5, 0.6) is 11.5 Å². The fourth-order valence-electron chi connectivity index (χ4n) is 3.08. The second kappa shape index (κ2) is 8.14. The van der Waals surface area contributed by atoms with E-state index >= 15 is 0 Å². The molecule has 8 heteroatoms. The van der Waals surface area contributed by atoms with Crippen molar-refractivity contribution in [3.05, 3.63) is 17.2 Å². The van der Waals surface area contributed by atoms with Crippen molar-refractivity contribution in [2.45, 2.75) is 38.8 Å². The largest absolute Gasteiger partial charge is 0.490 e.